The Morgan fingerprint density at radius 1 is 1.06 bits per heavy atom. The SMILES string of the molecule is CCOC(=O)c1cc(C(=O)OCC(=O)Nc2ccc(Cl)c(C(F)(F)F)c2)cc([N+](=O)[O-])c1. The number of carbonyl (C=O) groups excluding carboxylic acids is 3. The predicted molar refractivity (Wildman–Crippen MR) is 104 cm³/mol. The Balaban J connectivity index is 2.11. The van der Waals surface area contributed by atoms with Gasteiger partial charge in [0.2, 0.25) is 0 Å². The first kappa shape index (κ1) is 24.6. The number of rotatable bonds is 7. The van der Waals surface area contributed by atoms with E-state index in [1.807, 2.05) is 0 Å². The standard InChI is InChI=1S/C19H14ClF3N2O7/c1-2-31-17(27)10-5-11(7-13(6-10)25(29)30)18(28)32-9-16(26)24-12-3-4-15(20)14(8-12)19(21,22)23/h3-8H,2,9H2,1H3,(H,24,26). The van der Waals surface area contributed by atoms with Crippen LogP contribution in [0.3, 0.4) is 0 Å². The van der Waals surface area contributed by atoms with E-state index in [-0.39, 0.29) is 17.9 Å². The maximum absolute atomic E-state index is 12.9. The summed E-state index contributed by atoms with van der Waals surface area (Å²) in [5.41, 5.74) is -2.69. The van der Waals surface area contributed by atoms with Crippen LogP contribution in [0.15, 0.2) is 36.4 Å². The molecule has 9 nitrogen and oxygen atoms in total. The van der Waals surface area contributed by atoms with Gasteiger partial charge in [0.25, 0.3) is 11.6 Å². The summed E-state index contributed by atoms with van der Waals surface area (Å²) in [5.74, 6) is -3.07. The third-order valence-electron chi connectivity index (χ3n) is 3.77. The summed E-state index contributed by atoms with van der Waals surface area (Å²) in [6.45, 7) is 0.587. The van der Waals surface area contributed by atoms with Gasteiger partial charge in [0.05, 0.1) is 33.2 Å². The van der Waals surface area contributed by atoms with Crippen molar-refractivity contribution in [2.24, 2.45) is 0 Å². The van der Waals surface area contributed by atoms with E-state index in [1.165, 1.54) is 6.92 Å². The molecule has 0 atom stereocenters. The number of halogens is 4. The second kappa shape index (κ2) is 10.1. The quantitative estimate of drug-likeness (QED) is 0.361. The summed E-state index contributed by atoms with van der Waals surface area (Å²) >= 11 is 5.49. The monoisotopic (exact) mass is 474 g/mol. The van der Waals surface area contributed by atoms with Gasteiger partial charge in [0.1, 0.15) is 0 Å². The van der Waals surface area contributed by atoms with Crippen LogP contribution in [0.25, 0.3) is 0 Å². The van der Waals surface area contributed by atoms with Crippen molar-refractivity contribution in [3.05, 3.63) is 68.2 Å². The number of nitro groups is 1. The van der Waals surface area contributed by atoms with Crippen molar-refractivity contribution in [2.75, 3.05) is 18.5 Å². The number of ether oxygens (including phenoxy) is 2. The van der Waals surface area contributed by atoms with Gasteiger partial charge in [-0.2, -0.15) is 13.2 Å². The first-order chi connectivity index (χ1) is 14.9. The van der Waals surface area contributed by atoms with E-state index in [0.717, 1.165) is 30.3 Å². The number of nitrogens with zero attached hydrogens (tertiary/aromatic N) is 1. The average Bonchev–Trinajstić information content (AvgIpc) is 2.72. The molecule has 1 amide bonds. The molecule has 170 valence electrons. The second-order valence-electron chi connectivity index (χ2n) is 6.06. The van der Waals surface area contributed by atoms with Crippen LogP contribution in [0.5, 0.6) is 0 Å². The van der Waals surface area contributed by atoms with E-state index in [1.54, 1.807) is 0 Å². The molecular weight excluding hydrogens is 461 g/mol. The van der Waals surface area contributed by atoms with E-state index in [0.29, 0.717) is 6.07 Å². The van der Waals surface area contributed by atoms with Crippen molar-refractivity contribution in [2.45, 2.75) is 13.1 Å². The van der Waals surface area contributed by atoms with Crippen molar-refractivity contribution < 1.29 is 42.0 Å². The molecule has 0 heterocycles. The number of hydrogen-bond donors (Lipinski definition) is 1. The molecule has 0 saturated heterocycles. The Morgan fingerprint density at radius 3 is 2.19 bits per heavy atom. The van der Waals surface area contributed by atoms with Crippen LogP contribution in [-0.4, -0.2) is 36.0 Å². The molecule has 2 rings (SSSR count). The van der Waals surface area contributed by atoms with Crippen molar-refractivity contribution in [1.82, 2.24) is 0 Å². The number of nitro benzene ring substituents is 1. The summed E-state index contributed by atoms with van der Waals surface area (Å²) < 4.78 is 48.1. The highest BCUT2D eigenvalue weighted by Crippen LogP contribution is 2.36. The highest BCUT2D eigenvalue weighted by atomic mass is 35.5. The second-order valence-corrected chi connectivity index (χ2v) is 6.47. The van der Waals surface area contributed by atoms with Crippen LogP contribution in [0.1, 0.15) is 33.2 Å². The van der Waals surface area contributed by atoms with Gasteiger partial charge in [-0.1, -0.05) is 11.6 Å². The number of benzene rings is 2. The van der Waals surface area contributed by atoms with Gasteiger partial charge in [-0.3, -0.25) is 14.9 Å². The lowest BCUT2D eigenvalue weighted by Gasteiger charge is -2.12. The largest absolute Gasteiger partial charge is 0.462 e. The van der Waals surface area contributed by atoms with Crippen LogP contribution in [-0.2, 0) is 20.4 Å². The fourth-order valence-corrected chi connectivity index (χ4v) is 2.62. The fourth-order valence-electron chi connectivity index (χ4n) is 2.40. The molecule has 0 aliphatic carbocycles. The van der Waals surface area contributed by atoms with Crippen LogP contribution in [0, 0.1) is 10.1 Å². The van der Waals surface area contributed by atoms with E-state index < -0.39 is 57.4 Å². The molecule has 1 N–H and O–H groups in total. The molecule has 2 aromatic rings. The van der Waals surface area contributed by atoms with Gasteiger partial charge < -0.3 is 14.8 Å². The summed E-state index contributed by atoms with van der Waals surface area (Å²) in [4.78, 5) is 46.2. The number of alkyl halides is 3. The molecule has 0 aliphatic rings. The highest BCUT2D eigenvalue weighted by Gasteiger charge is 2.33. The summed E-state index contributed by atoms with van der Waals surface area (Å²) in [6, 6.07) is 5.38. The van der Waals surface area contributed by atoms with Gasteiger partial charge in [-0.15, -0.1) is 0 Å². The third kappa shape index (κ3) is 6.41. The summed E-state index contributed by atoms with van der Waals surface area (Å²) in [7, 11) is 0. The molecule has 0 bridgehead atoms. The van der Waals surface area contributed by atoms with Gasteiger partial charge in [0.15, 0.2) is 6.61 Å². The average molecular weight is 475 g/mol. The summed E-state index contributed by atoms with van der Waals surface area (Å²) in [5, 5.41) is 12.6. The smallest absolute Gasteiger partial charge is 0.417 e. The molecule has 0 spiro atoms. The van der Waals surface area contributed by atoms with Crippen LogP contribution >= 0.6 is 11.6 Å². The maximum atomic E-state index is 12.9. The van der Waals surface area contributed by atoms with Crippen LogP contribution in [0.2, 0.25) is 5.02 Å². The van der Waals surface area contributed by atoms with E-state index in [9.17, 15) is 37.7 Å². The number of hydrogen-bond acceptors (Lipinski definition) is 7. The first-order valence-electron chi connectivity index (χ1n) is 8.72. The van der Waals surface area contributed by atoms with Crippen molar-refractivity contribution >= 4 is 40.8 Å². The molecule has 2 aromatic carbocycles. The minimum absolute atomic E-state index is 0.0117. The van der Waals surface area contributed by atoms with Crippen molar-refractivity contribution in [3.8, 4) is 0 Å². The van der Waals surface area contributed by atoms with Gasteiger partial charge in [-0.25, -0.2) is 9.59 Å². The fraction of sp³-hybridized carbons (Fsp3) is 0.211. The lowest BCUT2D eigenvalue weighted by Crippen LogP contribution is -2.21. The molecule has 0 saturated carbocycles. The normalized spacial score (nSPS) is 10.9. The third-order valence-corrected chi connectivity index (χ3v) is 4.09. The molecule has 0 aromatic heterocycles. The number of carbonyl (C=O) groups is 3. The predicted octanol–water partition coefficient (Wildman–Crippen LogP) is 4.24. The number of amides is 1. The number of nitrogens with one attached hydrogen (secondary N) is 1. The minimum Gasteiger partial charge on any atom is -0.462 e. The Kier molecular flexibility index (Phi) is 7.76. The molecule has 13 heteroatoms. The number of esters is 2. The lowest BCUT2D eigenvalue weighted by atomic mass is 10.1. The number of anilines is 1. The summed E-state index contributed by atoms with van der Waals surface area (Å²) in [6.07, 6.45) is -4.75. The van der Waals surface area contributed by atoms with Crippen LogP contribution in [0.4, 0.5) is 24.5 Å². The Morgan fingerprint density at radius 2 is 1.66 bits per heavy atom. The molecule has 0 unspecified atom stereocenters. The lowest BCUT2D eigenvalue weighted by molar-refractivity contribution is -0.384. The highest BCUT2D eigenvalue weighted by molar-refractivity contribution is 6.31. The van der Waals surface area contributed by atoms with E-state index >= 15 is 0 Å². The molecule has 0 aliphatic heterocycles. The molecule has 0 fully saturated rings. The Labute approximate surface area is 183 Å². The van der Waals surface area contributed by atoms with Gasteiger partial charge in [-0.05, 0) is 31.2 Å². The van der Waals surface area contributed by atoms with Gasteiger partial charge in [0, 0.05) is 17.8 Å². The zero-order chi connectivity index (χ0) is 24.1. The molecular formula is C19H14ClF3N2O7. The zero-order valence-corrected chi connectivity index (χ0v) is 17.0. The van der Waals surface area contributed by atoms with Crippen molar-refractivity contribution in [3.63, 3.8) is 0 Å². The zero-order valence-electron chi connectivity index (χ0n) is 16.2. The Hall–Kier alpha value is -3.67. The molecule has 32 heavy (non-hydrogen) atoms. The minimum atomic E-state index is -4.75. The topological polar surface area (TPSA) is 125 Å². The van der Waals surface area contributed by atoms with E-state index in [2.05, 4.69) is 5.32 Å². The van der Waals surface area contributed by atoms with Crippen molar-refractivity contribution in [1.29, 1.82) is 0 Å². The van der Waals surface area contributed by atoms with E-state index in [4.69, 9.17) is 21.1 Å². The first-order valence-corrected chi connectivity index (χ1v) is 9.10. The Bertz CT molecular complexity index is 1070. The van der Waals surface area contributed by atoms with Crippen LogP contribution < -0.4 is 5.32 Å². The number of non-ortho nitro benzene ring substituents is 1. The van der Waals surface area contributed by atoms with Gasteiger partial charge >= 0.3 is 18.1 Å². The maximum Gasteiger partial charge on any atom is 0.417 e. The molecule has 0 radical (unpaired) electrons.